The molecule has 1 unspecified atom stereocenters. The second kappa shape index (κ2) is 8.20. The average Bonchev–Trinajstić information content (AvgIpc) is 2.46. The van der Waals surface area contributed by atoms with Crippen LogP contribution in [0.2, 0.25) is 0 Å². The summed E-state index contributed by atoms with van der Waals surface area (Å²) in [5.74, 6) is 0.968. The van der Waals surface area contributed by atoms with Gasteiger partial charge in [-0.3, -0.25) is 0 Å². The Bertz CT molecular complexity index is 394. The summed E-state index contributed by atoms with van der Waals surface area (Å²) in [5.41, 5.74) is 1.13. The van der Waals surface area contributed by atoms with Crippen molar-refractivity contribution in [3.63, 3.8) is 0 Å². The van der Waals surface area contributed by atoms with E-state index in [0.717, 1.165) is 36.9 Å². The molecular formula is C16H28N4. The molecule has 1 atom stereocenters. The van der Waals surface area contributed by atoms with Gasteiger partial charge in [-0.15, -0.1) is 0 Å². The highest BCUT2D eigenvalue weighted by molar-refractivity contribution is 5.34. The van der Waals surface area contributed by atoms with Crippen molar-refractivity contribution in [1.29, 1.82) is 0 Å². The van der Waals surface area contributed by atoms with Gasteiger partial charge in [0.2, 0.25) is 0 Å². The first-order valence-corrected chi connectivity index (χ1v) is 8.08. The lowest BCUT2D eigenvalue weighted by Gasteiger charge is -2.33. The molecule has 1 aliphatic rings. The van der Waals surface area contributed by atoms with Gasteiger partial charge in [0.25, 0.3) is 0 Å². The number of aromatic nitrogens is 2. The van der Waals surface area contributed by atoms with E-state index in [4.69, 9.17) is 0 Å². The zero-order valence-corrected chi connectivity index (χ0v) is 12.9. The quantitative estimate of drug-likeness (QED) is 0.777. The predicted molar refractivity (Wildman–Crippen MR) is 84.0 cm³/mol. The van der Waals surface area contributed by atoms with Crippen LogP contribution in [0.25, 0.3) is 0 Å². The van der Waals surface area contributed by atoms with Crippen LogP contribution in [0, 0.1) is 0 Å². The van der Waals surface area contributed by atoms with Crippen LogP contribution in [0.1, 0.15) is 51.6 Å². The number of nitrogens with zero attached hydrogens (tertiary/aromatic N) is 3. The van der Waals surface area contributed by atoms with Crippen molar-refractivity contribution < 1.29 is 0 Å². The molecule has 20 heavy (non-hydrogen) atoms. The van der Waals surface area contributed by atoms with E-state index in [0.29, 0.717) is 0 Å². The first-order valence-electron chi connectivity index (χ1n) is 8.08. The van der Waals surface area contributed by atoms with Gasteiger partial charge in [0, 0.05) is 30.9 Å². The van der Waals surface area contributed by atoms with E-state index in [1.807, 2.05) is 0 Å². The fraction of sp³-hybridized carbons (Fsp3) is 0.750. The summed E-state index contributed by atoms with van der Waals surface area (Å²) in [5, 5.41) is 3.42. The minimum absolute atomic E-state index is 0.763. The summed E-state index contributed by atoms with van der Waals surface area (Å²) < 4.78 is 0. The van der Waals surface area contributed by atoms with Crippen LogP contribution in [0.15, 0.2) is 12.4 Å². The molecule has 0 saturated carbocycles. The van der Waals surface area contributed by atoms with Crippen LogP contribution in [-0.4, -0.2) is 40.5 Å². The second-order valence-corrected chi connectivity index (χ2v) is 5.81. The van der Waals surface area contributed by atoms with Gasteiger partial charge >= 0.3 is 0 Å². The highest BCUT2D eigenvalue weighted by Crippen LogP contribution is 2.16. The minimum atomic E-state index is 0.763. The molecular weight excluding hydrogens is 248 g/mol. The third kappa shape index (κ3) is 4.75. The van der Waals surface area contributed by atoms with Gasteiger partial charge in [-0.05, 0) is 39.2 Å². The monoisotopic (exact) mass is 276 g/mol. The molecule has 1 fully saturated rings. The van der Waals surface area contributed by atoms with Gasteiger partial charge in [0.1, 0.15) is 12.1 Å². The van der Waals surface area contributed by atoms with E-state index in [1.54, 1.807) is 6.33 Å². The number of piperidine rings is 1. The summed E-state index contributed by atoms with van der Waals surface area (Å²) in [6, 6.07) is 2.84. The Morgan fingerprint density at radius 1 is 1.35 bits per heavy atom. The fourth-order valence-electron chi connectivity index (χ4n) is 2.88. The average molecular weight is 276 g/mol. The van der Waals surface area contributed by atoms with Crippen molar-refractivity contribution in [3.05, 3.63) is 18.1 Å². The lowest BCUT2D eigenvalue weighted by atomic mass is 10.0. The highest BCUT2D eigenvalue weighted by Gasteiger charge is 2.16. The predicted octanol–water partition coefficient (Wildman–Crippen LogP) is 3.11. The van der Waals surface area contributed by atoms with Crippen molar-refractivity contribution in [1.82, 2.24) is 14.9 Å². The molecule has 1 aromatic rings. The third-order valence-corrected chi connectivity index (χ3v) is 4.10. The maximum Gasteiger partial charge on any atom is 0.129 e. The summed E-state index contributed by atoms with van der Waals surface area (Å²) in [4.78, 5) is 11.2. The molecule has 2 heterocycles. The van der Waals surface area contributed by atoms with Crippen LogP contribution in [0.3, 0.4) is 0 Å². The molecule has 0 bridgehead atoms. The molecule has 112 valence electrons. The van der Waals surface area contributed by atoms with E-state index in [2.05, 4.69) is 40.1 Å². The Morgan fingerprint density at radius 3 is 3.05 bits per heavy atom. The smallest absolute Gasteiger partial charge is 0.129 e. The van der Waals surface area contributed by atoms with E-state index < -0.39 is 0 Å². The number of likely N-dealkylation sites (tertiary alicyclic amines) is 1. The minimum Gasteiger partial charge on any atom is -0.370 e. The number of anilines is 1. The Balaban J connectivity index is 1.68. The highest BCUT2D eigenvalue weighted by atomic mass is 15.2. The van der Waals surface area contributed by atoms with Gasteiger partial charge in [-0.2, -0.15) is 0 Å². The zero-order chi connectivity index (χ0) is 14.2. The standard InChI is InChI=1S/C16H28N4/c1-3-7-15-12-16(19-13-18-15)17-9-6-11-20-10-5-4-8-14(20)2/h12-14H,3-11H2,1-2H3,(H,17,18,19). The fourth-order valence-corrected chi connectivity index (χ4v) is 2.88. The van der Waals surface area contributed by atoms with Crippen molar-refractivity contribution in [2.75, 3.05) is 25.0 Å². The Labute approximate surface area is 123 Å². The normalized spacial score (nSPS) is 20.0. The molecule has 0 spiro atoms. The molecule has 0 aliphatic carbocycles. The van der Waals surface area contributed by atoms with E-state index in [9.17, 15) is 0 Å². The number of hydrogen-bond acceptors (Lipinski definition) is 4. The first kappa shape index (κ1) is 15.2. The van der Waals surface area contributed by atoms with E-state index >= 15 is 0 Å². The Morgan fingerprint density at radius 2 is 2.25 bits per heavy atom. The van der Waals surface area contributed by atoms with Gasteiger partial charge < -0.3 is 10.2 Å². The molecule has 0 aromatic carbocycles. The van der Waals surface area contributed by atoms with Crippen molar-refractivity contribution in [2.24, 2.45) is 0 Å². The number of rotatable bonds is 7. The molecule has 4 nitrogen and oxygen atoms in total. The maximum atomic E-state index is 4.29. The van der Waals surface area contributed by atoms with Crippen LogP contribution >= 0.6 is 0 Å². The summed E-state index contributed by atoms with van der Waals surface area (Å²) >= 11 is 0. The summed E-state index contributed by atoms with van der Waals surface area (Å²) in [6.45, 7) is 7.99. The lowest BCUT2D eigenvalue weighted by molar-refractivity contribution is 0.160. The SMILES string of the molecule is CCCc1cc(NCCCN2CCCCC2C)ncn1. The van der Waals surface area contributed by atoms with E-state index in [1.165, 1.54) is 38.8 Å². The zero-order valence-electron chi connectivity index (χ0n) is 12.9. The molecule has 0 amide bonds. The maximum absolute atomic E-state index is 4.29. The second-order valence-electron chi connectivity index (χ2n) is 5.81. The molecule has 2 rings (SSSR count). The van der Waals surface area contributed by atoms with Gasteiger partial charge in [0.05, 0.1) is 0 Å². The van der Waals surface area contributed by atoms with Crippen molar-refractivity contribution >= 4 is 5.82 Å². The summed E-state index contributed by atoms with van der Waals surface area (Å²) in [6.07, 6.45) is 9.13. The van der Waals surface area contributed by atoms with Gasteiger partial charge in [0.15, 0.2) is 0 Å². The Hall–Kier alpha value is -1.16. The van der Waals surface area contributed by atoms with Gasteiger partial charge in [-0.1, -0.05) is 19.8 Å². The number of hydrogen-bond donors (Lipinski definition) is 1. The molecule has 1 aliphatic heterocycles. The summed E-state index contributed by atoms with van der Waals surface area (Å²) in [7, 11) is 0. The number of aryl methyl sites for hydroxylation is 1. The Kier molecular flexibility index (Phi) is 6.25. The van der Waals surface area contributed by atoms with Gasteiger partial charge in [-0.25, -0.2) is 9.97 Å². The molecule has 1 saturated heterocycles. The van der Waals surface area contributed by atoms with E-state index in [-0.39, 0.29) is 0 Å². The lowest BCUT2D eigenvalue weighted by Crippen LogP contribution is -2.38. The van der Waals surface area contributed by atoms with Crippen LogP contribution in [-0.2, 0) is 6.42 Å². The van der Waals surface area contributed by atoms with Crippen molar-refractivity contribution in [2.45, 2.75) is 58.4 Å². The molecule has 4 heteroatoms. The van der Waals surface area contributed by atoms with Crippen LogP contribution < -0.4 is 5.32 Å². The van der Waals surface area contributed by atoms with Crippen LogP contribution in [0.4, 0.5) is 5.82 Å². The largest absolute Gasteiger partial charge is 0.370 e. The molecule has 1 aromatic heterocycles. The first-order chi connectivity index (χ1) is 9.79. The topological polar surface area (TPSA) is 41.0 Å². The van der Waals surface area contributed by atoms with Crippen LogP contribution in [0.5, 0.6) is 0 Å². The molecule has 0 radical (unpaired) electrons. The molecule has 1 N–H and O–H groups in total. The third-order valence-electron chi connectivity index (χ3n) is 4.10. The van der Waals surface area contributed by atoms with Crippen molar-refractivity contribution in [3.8, 4) is 0 Å². The number of nitrogens with one attached hydrogen (secondary N) is 1.